The van der Waals surface area contributed by atoms with Crippen molar-refractivity contribution >= 4 is 84.0 Å². The number of para-hydroxylation sites is 4. The summed E-state index contributed by atoms with van der Waals surface area (Å²) in [5.41, 5.74) is 5.57. The number of nitrogens with one attached hydrogen (secondary N) is 4. The van der Waals surface area contributed by atoms with Crippen molar-refractivity contribution in [2.24, 2.45) is 0 Å². The van der Waals surface area contributed by atoms with Crippen LogP contribution < -0.4 is 56.8 Å². The van der Waals surface area contributed by atoms with Crippen LogP contribution in [0.1, 0.15) is 69.5 Å². The van der Waals surface area contributed by atoms with E-state index in [0.717, 1.165) is 43.8 Å². The number of alkyl halides is 4. The maximum absolute atomic E-state index is 13.6. The molecule has 4 N–H and O–H groups in total. The van der Waals surface area contributed by atoms with E-state index in [-0.39, 0.29) is 95.4 Å². The third-order valence-electron chi connectivity index (χ3n) is 20.8. The van der Waals surface area contributed by atoms with E-state index >= 15 is 0 Å². The molecule has 0 fully saturated rings. The Morgan fingerprint density at radius 1 is 0.219 bits per heavy atom. The molecule has 8 heterocycles. The largest absolute Gasteiger partial charge is 0.487 e. The van der Waals surface area contributed by atoms with Gasteiger partial charge in [0.2, 0.25) is 40.1 Å². The summed E-state index contributed by atoms with van der Waals surface area (Å²) in [5, 5.41) is 3.50. The van der Waals surface area contributed by atoms with Gasteiger partial charge in [-0.2, -0.15) is 18.9 Å². The molecule has 0 saturated carbocycles. The monoisotopic (exact) mass is 1810 g/mol. The Kier molecular flexibility index (Phi) is 25.7. The number of benzene rings is 12. The molecule has 4 aliphatic heterocycles. The van der Waals surface area contributed by atoms with Gasteiger partial charge in [0, 0.05) is 45.8 Å². The average Bonchev–Trinajstić information content (AvgIpc) is 1.57. The zero-order valence-corrected chi connectivity index (χ0v) is 70.9. The fraction of sp³-hybridized carbons (Fsp3) is 0.167. The van der Waals surface area contributed by atoms with Crippen molar-refractivity contribution in [1.82, 2.24) is 18.9 Å². The van der Waals surface area contributed by atoms with Gasteiger partial charge in [0.05, 0.1) is 19.6 Å². The summed E-state index contributed by atoms with van der Waals surface area (Å²) in [6.07, 6.45) is -5.13. The van der Waals surface area contributed by atoms with E-state index in [0.29, 0.717) is 68.4 Å². The van der Waals surface area contributed by atoms with E-state index in [2.05, 4.69) is 18.9 Å². The van der Waals surface area contributed by atoms with Crippen molar-refractivity contribution in [3.63, 3.8) is 0 Å². The van der Waals surface area contributed by atoms with Crippen LogP contribution in [0.5, 0.6) is 46.0 Å². The van der Waals surface area contributed by atoms with E-state index in [1.54, 1.807) is 0 Å². The summed E-state index contributed by atoms with van der Waals surface area (Å²) in [4.78, 5) is -0.0770. The molecule has 128 heavy (non-hydrogen) atoms. The number of halogens is 4. The molecule has 0 bridgehead atoms. The smallest absolute Gasteiger partial charge is 0.241 e. The van der Waals surface area contributed by atoms with Crippen LogP contribution in [-0.2, 0) is 40.1 Å². The van der Waals surface area contributed by atoms with Crippen LogP contribution in [0.15, 0.2) is 353 Å². The van der Waals surface area contributed by atoms with Gasteiger partial charge in [-0.3, -0.25) is 0 Å². The minimum Gasteiger partial charge on any atom is -0.487 e. The lowest BCUT2D eigenvalue weighted by atomic mass is 10.1. The predicted molar refractivity (Wildman–Crippen MR) is 469 cm³/mol. The molecule has 656 valence electrons. The molecule has 0 saturated heterocycles. The molecule has 0 spiro atoms. The number of rotatable bonds is 20. The minimum absolute atomic E-state index is 0.0193. The molecule has 8 atom stereocenters. The number of sulfonamides is 4. The quantitative estimate of drug-likeness (QED) is 0.0515. The molecule has 0 radical (unpaired) electrons. The first-order chi connectivity index (χ1) is 62.0. The van der Waals surface area contributed by atoms with E-state index in [9.17, 15) is 51.2 Å². The molecule has 0 amide bonds. The normalized spacial score (nSPS) is 17.1. The lowest BCUT2D eigenvalue weighted by Gasteiger charge is -2.18. The standard InChI is InChI=1S/4C24H20FNO5S/c4*25-18-14-29-21-11-10-19(13-22(21)30-15-18)32(27,28)26-24(16-6-2-1-3-7-16)23-12-17-8-4-5-9-20(17)31-23/h4*1-13,18,24,26H,14-15H2/t4*18-,24?/m1100/s1. The number of ether oxygens (including phenoxy) is 8. The lowest BCUT2D eigenvalue weighted by molar-refractivity contribution is 0.162. The summed E-state index contributed by atoms with van der Waals surface area (Å²) >= 11 is 0. The summed E-state index contributed by atoms with van der Waals surface area (Å²) in [6, 6.07) is 87.9. The molecule has 24 nitrogen and oxygen atoms in total. The molecule has 20 rings (SSSR count). The van der Waals surface area contributed by atoms with Crippen molar-refractivity contribution in [3.05, 3.63) is 361 Å². The highest BCUT2D eigenvalue weighted by Gasteiger charge is 2.34. The highest BCUT2D eigenvalue weighted by Crippen LogP contribution is 2.41. The minimum atomic E-state index is -3.99. The van der Waals surface area contributed by atoms with Crippen molar-refractivity contribution in [2.75, 3.05) is 52.9 Å². The second kappa shape index (κ2) is 38.0. The molecule has 4 aromatic heterocycles. The molecule has 4 aliphatic rings. The van der Waals surface area contributed by atoms with Crippen molar-refractivity contribution < 1.29 is 107 Å². The summed E-state index contributed by atoms with van der Waals surface area (Å²) in [6.45, 7) is -1.35. The lowest BCUT2D eigenvalue weighted by Crippen LogP contribution is -2.29. The number of fused-ring (bicyclic) bond motifs is 8. The second-order valence-electron chi connectivity index (χ2n) is 29.9. The zero-order valence-electron chi connectivity index (χ0n) is 67.6. The van der Waals surface area contributed by atoms with Crippen LogP contribution in [0, 0.1) is 0 Å². The summed E-state index contributed by atoms with van der Waals surface area (Å²) in [5.74, 6) is 3.85. The molecule has 32 heteroatoms. The molecular formula is C96H80F4N4O20S4. The Morgan fingerprint density at radius 3 is 0.594 bits per heavy atom. The van der Waals surface area contributed by atoms with Gasteiger partial charge in [-0.1, -0.05) is 194 Å². The van der Waals surface area contributed by atoms with Gasteiger partial charge in [0.15, 0.2) is 70.7 Å². The van der Waals surface area contributed by atoms with Crippen LogP contribution in [0.2, 0.25) is 0 Å². The highest BCUT2D eigenvalue weighted by atomic mass is 32.2. The van der Waals surface area contributed by atoms with Crippen LogP contribution in [0.3, 0.4) is 0 Å². The highest BCUT2D eigenvalue weighted by molar-refractivity contribution is 7.90. The first-order valence-corrected chi connectivity index (χ1v) is 46.3. The average molecular weight is 1810 g/mol. The van der Waals surface area contributed by atoms with Gasteiger partial charge in [0.1, 0.15) is 122 Å². The van der Waals surface area contributed by atoms with E-state index in [1.807, 2.05) is 243 Å². The summed E-state index contributed by atoms with van der Waals surface area (Å²) in [7, 11) is -16.0. The van der Waals surface area contributed by atoms with Crippen molar-refractivity contribution in [1.29, 1.82) is 0 Å². The van der Waals surface area contributed by atoms with Gasteiger partial charge in [-0.05, 0) is 119 Å². The second-order valence-corrected chi connectivity index (χ2v) is 36.8. The Labute approximate surface area is 733 Å². The number of furan rings is 4. The third kappa shape index (κ3) is 20.3. The van der Waals surface area contributed by atoms with E-state index < -0.39 is 88.9 Å². The number of hydrogen-bond acceptors (Lipinski definition) is 20. The molecule has 4 unspecified atom stereocenters. The fourth-order valence-corrected chi connectivity index (χ4v) is 19.2. The number of hydrogen-bond donors (Lipinski definition) is 4. The SMILES string of the molecule is O=S(=O)(NC(c1ccccc1)c1cc2ccccc2o1)c1ccc2c(c1)OC[C@@H](F)CO2.O=S(=O)(NC(c1ccccc1)c1cc2ccccc2o1)c1ccc2c(c1)OC[C@@H](F)CO2.O=S(=O)(NC(c1ccccc1)c1cc2ccccc2o1)c1ccc2c(c1)OC[C@H](F)CO2.O=S(=O)(NC(c1ccccc1)c1cc2ccccc2o1)c1ccc2c(c1)OC[C@H](F)CO2. The fourth-order valence-electron chi connectivity index (χ4n) is 14.4. The van der Waals surface area contributed by atoms with Crippen LogP contribution in [-0.4, -0.2) is 111 Å². The van der Waals surface area contributed by atoms with Crippen LogP contribution in [0.4, 0.5) is 17.6 Å². The Balaban J connectivity index is 0.000000120. The van der Waals surface area contributed by atoms with Crippen LogP contribution >= 0.6 is 0 Å². The van der Waals surface area contributed by atoms with Gasteiger partial charge >= 0.3 is 0 Å². The zero-order chi connectivity index (χ0) is 88.5. The topological polar surface area (TPSA) is 311 Å². The maximum atomic E-state index is 13.6. The van der Waals surface area contributed by atoms with Crippen LogP contribution in [0.25, 0.3) is 43.9 Å². The van der Waals surface area contributed by atoms with Crippen molar-refractivity contribution in [2.45, 2.75) is 68.4 Å². The maximum Gasteiger partial charge on any atom is 0.241 e. The van der Waals surface area contributed by atoms with Gasteiger partial charge in [-0.15, -0.1) is 0 Å². The van der Waals surface area contributed by atoms with Gasteiger partial charge < -0.3 is 55.6 Å². The Bertz CT molecular complexity index is 6130. The molecule has 0 aliphatic carbocycles. The summed E-state index contributed by atoms with van der Waals surface area (Å²) < 4.78 is 239. The van der Waals surface area contributed by atoms with Gasteiger partial charge in [-0.25, -0.2) is 51.2 Å². The third-order valence-corrected chi connectivity index (χ3v) is 26.5. The van der Waals surface area contributed by atoms with E-state index in [1.165, 1.54) is 72.8 Å². The van der Waals surface area contributed by atoms with Crippen molar-refractivity contribution in [3.8, 4) is 46.0 Å². The van der Waals surface area contributed by atoms with E-state index in [4.69, 9.17) is 55.6 Å². The Morgan fingerprint density at radius 2 is 0.398 bits per heavy atom. The molecule has 12 aromatic carbocycles. The first-order valence-electron chi connectivity index (χ1n) is 40.4. The van der Waals surface area contributed by atoms with Gasteiger partial charge in [0.25, 0.3) is 0 Å². The molecule has 16 aromatic rings. The molecular weight excluding hydrogens is 1730 g/mol. The first kappa shape index (κ1) is 86.7. The predicted octanol–water partition coefficient (Wildman–Crippen LogP) is 18.4. The Hall–Kier alpha value is -13.4.